The highest BCUT2D eigenvalue weighted by atomic mass is 16.5. The number of aliphatic hydroxyl groups excluding tert-OH is 1. The van der Waals surface area contributed by atoms with E-state index in [0.29, 0.717) is 37.3 Å². The van der Waals surface area contributed by atoms with E-state index in [1.807, 2.05) is 6.92 Å². The van der Waals surface area contributed by atoms with E-state index in [-0.39, 0.29) is 6.10 Å². The first-order chi connectivity index (χ1) is 10.1. The van der Waals surface area contributed by atoms with Crippen molar-refractivity contribution in [2.75, 3.05) is 39.9 Å². The van der Waals surface area contributed by atoms with Gasteiger partial charge in [0, 0.05) is 45.8 Å². The molecule has 2 heterocycles. The van der Waals surface area contributed by atoms with E-state index in [9.17, 15) is 5.11 Å². The Labute approximate surface area is 125 Å². The van der Waals surface area contributed by atoms with Gasteiger partial charge in [-0.15, -0.1) is 0 Å². The fourth-order valence-electron chi connectivity index (χ4n) is 2.67. The van der Waals surface area contributed by atoms with Crippen LogP contribution in [-0.2, 0) is 17.7 Å². The molecule has 1 fully saturated rings. The Kier molecular flexibility index (Phi) is 6.10. The van der Waals surface area contributed by atoms with Crippen LogP contribution >= 0.6 is 0 Å². The van der Waals surface area contributed by atoms with Crippen molar-refractivity contribution in [3.8, 4) is 0 Å². The van der Waals surface area contributed by atoms with Gasteiger partial charge in [0.25, 0.3) is 0 Å². The molecular formula is C14H26N4O3. The first kappa shape index (κ1) is 16.4. The molecule has 0 bridgehead atoms. The Morgan fingerprint density at radius 3 is 2.95 bits per heavy atom. The van der Waals surface area contributed by atoms with Crippen molar-refractivity contribution in [3.63, 3.8) is 0 Å². The average molecular weight is 298 g/mol. The fraction of sp³-hybridized carbons (Fsp3) is 0.857. The van der Waals surface area contributed by atoms with E-state index in [1.165, 1.54) is 0 Å². The van der Waals surface area contributed by atoms with Gasteiger partial charge in [0.1, 0.15) is 0 Å². The van der Waals surface area contributed by atoms with E-state index in [4.69, 9.17) is 9.26 Å². The molecule has 1 aliphatic rings. The molecule has 1 N–H and O–H groups in total. The first-order valence-electron chi connectivity index (χ1n) is 7.53. The summed E-state index contributed by atoms with van der Waals surface area (Å²) in [7, 11) is 1.66. The van der Waals surface area contributed by atoms with Gasteiger partial charge >= 0.3 is 0 Å². The molecular weight excluding hydrogens is 272 g/mol. The lowest BCUT2D eigenvalue weighted by molar-refractivity contribution is 0.0385. The van der Waals surface area contributed by atoms with E-state index in [2.05, 4.69) is 26.9 Å². The number of ether oxygens (including phenoxy) is 1. The highest BCUT2D eigenvalue weighted by Crippen LogP contribution is 2.13. The summed E-state index contributed by atoms with van der Waals surface area (Å²) in [5.41, 5.74) is 0. The molecule has 0 aliphatic carbocycles. The summed E-state index contributed by atoms with van der Waals surface area (Å²) in [6.45, 7) is 8.90. The lowest BCUT2D eigenvalue weighted by Crippen LogP contribution is -2.53. The zero-order valence-corrected chi connectivity index (χ0v) is 13.2. The maximum atomic E-state index is 9.50. The summed E-state index contributed by atoms with van der Waals surface area (Å²) < 4.78 is 10.3. The average Bonchev–Trinajstić information content (AvgIpc) is 2.87. The van der Waals surface area contributed by atoms with Gasteiger partial charge in [-0.25, -0.2) is 0 Å². The Bertz CT molecular complexity index is 424. The summed E-state index contributed by atoms with van der Waals surface area (Å²) in [6, 6.07) is 0.421. The van der Waals surface area contributed by atoms with Crippen LogP contribution in [0.2, 0.25) is 0 Å². The zero-order valence-electron chi connectivity index (χ0n) is 13.2. The van der Waals surface area contributed by atoms with Gasteiger partial charge in [-0.1, -0.05) is 5.16 Å². The number of hydrogen-bond acceptors (Lipinski definition) is 7. The number of methoxy groups -OCH3 is 1. The number of nitrogens with zero attached hydrogens (tertiary/aromatic N) is 4. The summed E-state index contributed by atoms with van der Waals surface area (Å²) in [5.74, 6) is 1.37. The van der Waals surface area contributed by atoms with E-state index in [1.54, 1.807) is 7.11 Å². The van der Waals surface area contributed by atoms with Crippen LogP contribution in [0.15, 0.2) is 4.52 Å². The third-order valence-electron chi connectivity index (χ3n) is 3.75. The van der Waals surface area contributed by atoms with Gasteiger partial charge in [0.05, 0.1) is 19.3 Å². The largest absolute Gasteiger partial charge is 0.392 e. The SMILES string of the molecule is COCCc1noc(CN2CCN(C[C@H](C)O)[C@@H](C)C2)n1. The Morgan fingerprint density at radius 2 is 2.29 bits per heavy atom. The second-order valence-electron chi connectivity index (χ2n) is 5.78. The molecule has 2 rings (SSSR count). The number of aliphatic hydroxyl groups is 1. The molecule has 1 aromatic heterocycles. The van der Waals surface area contributed by atoms with Crippen LogP contribution in [-0.4, -0.2) is 77.1 Å². The topological polar surface area (TPSA) is 74.9 Å². The second-order valence-corrected chi connectivity index (χ2v) is 5.78. The Balaban J connectivity index is 1.80. The van der Waals surface area contributed by atoms with Crippen molar-refractivity contribution in [2.24, 2.45) is 0 Å². The summed E-state index contributed by atoms with van der Waals surface area (Å²) in [4.78, 5) is 9.02. The van der Waals surface area contributed by atoms with Crippen LogP contribution in [0, 0.1) is 0 Å². The van der Waals surface area contributed by atoms with Crippen molar-refractivity contribution in [3.05, 3.63) is 11.7 Å². The van der Waals surface area contributed by atoms with Crippen molar-refractivity contribution in [2.45, 2.75) is 39.0 Å². The van der Waals surface area contributed by atoms with Crippen molar-refractivity contribution >= 4 is 0 Å². The molecule has 0 aromatic carbocycles. The molecule has 1 aliphatic heterocycles. The zero-order chi connectivity index (χ0) is 15.2. The third-order valence-corrected chi connectivity index (χ3v) is 3.75. The van der Waals surface area contributed by atoms with Crippen LogP contribution in [0.3, 0.4) is 0 Å². The molecule has 0 amide bonds. The number of β-amino-alcohol motifs (C(OH)–C–C–N with tert-alkyl or cyclic N) is 1. The van der Waals surface area contributed by atoms with Crippen molar-refractivity contribution in [1.82, 2.24) is 19.9 Å². The lowest BCUT2D eigenvalue weighted by Gasteiger charge is -2.39. The van der Waals surface area contributed by atoms with Crippen LogP contribution in [0.1, 0.15) is 25.6 Å². The molecule has 0 unspecified atom stereocenters. The van der Waals surface area contributed by atoms with Gasteiger partial charge in [0.15, 0.2) is 5.82 Å². The minimum atomic E-state index is -0.279. The van der Waals surface area contributed by atoms with Gasteiger partial charge in [0.2, 0.25) is 5.89 Å². The summed E-state index contributed by atoms with van der Waals surface area (Å²) >= 11 is 0. The number of rotatable bonds is 7. The standard InChI is InChI=1S/C14H26N4O3/c1-11-8-17(5-6-18(11)9-12(2)19)10-14-15-13(16-21-14)4-7-20-3/h11-12,19H,4-10H2,1-3H3/t11-,12-/m0/s1. The van der Waals surface area contributed by atoms with Crippen LogP contribution in [0.4, 0.5) is 0 Å². The third kappa shape index (κ3) is 5.03. The maximum Gasteiger partial charge on any atom is 0.240 e. The molecule has 0 saturated carbocycles. The minimum Gasteiger partial charge on any atom is -0.392 e. The number of piperazine rings is 1. The van der Waals surface area contributed by atoms with Crippen LogP contribution < -0.4 is 0 Å². The van der Waals surface area contributed by atoms with Gasteiger partial charge in [-0.3, -0.25) is 9.80 Å². The first-order valence-corrected chi connectivity index (χ1v) is 7.53. The molecule has 0 radical (unpaired) electrons. The maximum absolute atomic E-state index is 9.50. The van der Waals surface area contributed by atoms with E-state index < -0.39 is 0 Å². The van der Waals surface area contributed by atoms with Crippen molar-refractivity contribution in [1.29, 1.82) is 0 Å². The molecule has 120 valence electrons. The predicted octanol–water partition coefficient (Wildman–Crippen LogP) is 0.145. The van der Waals surface area contributed by atoms with Crippen LogP contribution in [0.5, 0.6) is 0 Å². The summed E-state index contributed by atoms with van der Waals surface area (Å²) in [5, 5.41) is 13.5. The van der Waals surface area contributed by atoms with E-state index >= 15 is 0 Å². The molecule has 1 aromatic rings. The van der Waals surface area contributed by atoms with Gasteiger partial charge in [-0.05, 0) is 13.8 Å². The van der Waals surface area contributed by atoms with Gasteiger partial charge < -0.3 is 14.4 Å². The Hall–Kier alpha value is -1.02. The highest BCUT2D eigenvalue weighted by Gasteiger charge is 2.25. The molecule has 7 heteroatoms. The quantitative estimate of drug-likeness (QED) is 0.767. The smallest absolute Gasteiger partial charge is 0.240 e. The summed E-state index contributed by atoms with van der Waals surface area (Å²) in [6.07, 6.45) is 0.400. The lowest BCUT2D eigenvalue weighted by atomic mass is 10.1. The highest BCUT2D eigenvalue weighted by molar-refractivity contribution is 4.89. The molecule has 0 spiro atoms. The number of aromatic nitrogens is 2. The normalized spacial score (nSPS) is 22.6. The van der Waals surface area contributed by atoms with E-state index in [0.717, 1.165) is 26.2 Å². The molecule has 21 heavy (non-hydrogen) atoms. The second kappa shape index (κ2) is 7.84. The van der Waals surface area contributed by atoms with Crippen molar-refractivity contribution < 1.29 is 14.4 Å². The molecule has 7 nitrogen and oxygen atoms in total. The molecule has 2 atom stereocenters. The monoisotopic (exact) mass is 298 g/mol. The predicted molar refractivity (Wildman–Crippen MR) is 77.9 cm³/mol. The van der Waals surface area contributed by atoms with Crippen LogP contribution in [0.25, 0.3) is 0 Å². The Morgan fingerprint density at radius 1 is 1.48 bits per heavy atom. The fourth-order valence-corrected chi connectivity index (χ4v) is 2.67. The minimum absolute atomic E-state index is 0.279. The van der Waals surface area contributed by atoms with Gasteiger partial charge in [-0.2, -0.15) is 4.98 Å². The number of hydrogen-bond donors (Lipinski definition) is 1. The molecule has 1 saturated heterocycles.